The Morgan fingerprint density at radius 1 is 1.32 bits per heavy atom. The molecule has 0 aromatic carbocycles. The summed E-state index contributed by atoms with van der Waals surface area (Å²) < 4.78 is 0. The highest BCUT2D eigenvalue weighted by atomic mass is 16.2. The molecule has 0 radical (unpaired) electrons. The van der Waals surface area contributed by atoms with Gasteiger partial charge >= 0.3 is 0 Å². The molecule has 0 aromatic rings. The van der Waals surface area contributed by atoms with E-state index in [2.05, 4.69) is 17.6 Å². The first-order chi connectivity index (χ1) is 8.97. The molecule has 2 N–H and O–H groups in total. The van der Waals surface area contributed by atoms with Crippen LogP contribution in [0.2, 0.25) is 0 Å². The summed E-state index contributed by atoms with van der Waals surface area (Å²) in [5.74, 6) is 0.229. The standard InChI is InChI=1S/C16H30N2O/c1-4-15(2,3)14(19)18-13-8-11-17-16(12-13)9-6-5-7-10-16/h13,17H,4-12H2,1-3H3,(H,18,19). The van der Waals surface area contributed by atoms with Crippen molar-refractivity contribution in [2.75, 3.05) is 6.54 Å². The van der Waals surface area contributed by atoms with Crippen molar-refractivity contribution in [2.24, 2.45) is 5.41 Å². The molecular formula is C16H30N2O. The second kappa shape index (κ2) is 5.82. The maximum absolute atomic E-state index is 12.3. The third kappa shape index (κ3) is 3.50. The van der Waals surface area contributed by atoms with Crippen LogP contribution in [0.4, 0.5) is 0 Å². The normalized spacial score (nSPS) is 27.2. The van der Waals surface area contributed by atoms with Crippen LogP contribution in [0.15, 0.2) is 0 Å². The van der Waals surface area contributed by atoms with Crippen molar-refractivity contribution < 1.29 is 4.79 Å². The van der Waals surface area contributed by atoms with Crippen LogP contribution in [0.25, 0.3) is 0 Å². The van der Waals surface area contributed by atoms with Gasteiger partial charge in [0.25, 0.3) is 0 Å². The fraction of sp³-hybridized carbons (Fsp3) is 0.938. The van der Waals surface area contributed by atoms with E-state index >= 15 is 0 Å². The Hall–Kier alpha value is -0.570. The summed E-state index contributed by atoms with van der Waals surface area (Å²) in [5.41, 5.74) is 0.0927. The molecule has 1 saturated carbocycles. The molecule has 0 aromatic heterocycles. The highest BCUT2D eigenvalue weighted by Crippen LogP contribution is 2.35. The van der Waals surface area contributed by atoms with E-state index in [1.165, 1.54) is 32.1 Å². The van der Waals surface area contributed by atoms with Gasteiger partial charge in [-0.05, 0) is 38.6 Å². The lowest BCUT2D eigenvalue weighted by Gasteiger charge is -2.45. The van der Waals surface area contributed by atoms with Crippen molar-refractivity contribution in [3.63, 3.8) is 0 Å². The first-order valence-corrected chi connectivity index (χ1v) is 8.03. The molecule has 2 fully saturated rings. The molecule has 1 atom stereocenters. The Bertz CT molecular complexity index is 313. The Kier molecular flexibility index (Phi) is 4.54. The molecular weight excluding hydrogens is 236 g/mol. The van der Waals surface area contributed by atoms with Crippen LogP contribution in [0, 0.1) is 5.41 Å². The van der Waals surface area contributed by atoms with Crippen LogP contribution < -0.4 is 10.6 Å². The van der Waals surface area contributed by atoms with Gasteiger partial charge in [0, 0.05) is 17.0 Å². The molecule has 1 unspecified atom stereocenters. The van der Waals surface area contributed by atoms with Crippen molar-refractivity contribution >= 4 is 5.91 Å². The van der Waals surface area contributed by atoms with Crippen LogP contribution in [0.1, 0.15) is 72.1 Å². The zero-order valence-corrected chi connectivity index (χ0v) is 12.8. The minimum absolute atomic E-state index is 0.229. The van der Waals surface area contributed by atoms with Crippen LogP contribution in [-0.4, -0.2) is 24.0 Å². The number of piperidine rings is 1. The highest BCUT2D eigenvalue weighted by molar-refractivity contribution is 5.82. The van der Waals surface area contributed by atoms with Gasteiger partial charge in [0.1, 0.15) is 0 Å². The molecule has 1 aliphatic carbocycles. The molecule has 1 aliphatic heterocycles. The predicted molar refractivity (Wildman–Crippen MR) is 79.1 cm³/mol. The summed E-state index contributed by atoms with van der Waals surface area (Å²) in [6, 6.07) is 0.373. The summed E-state index contributed by atoms with van der Waals surface area (Å²) in [4.78, 5) is 12.3. The maximum Gasteiger partial charge on any atom is 0.225 e. The number of hydrogen-bond donors (Lipinski definition) is 2. The van der Waals surface area contributed by atoms with Crippen molar-refractivity contribution in [3.8, 4) is 0 Å². The van der Waals surface area contributed by atoms with Crippen LogP contribution in [-0.2, 0) is 4.79 Å². The molecule has 1 amide bonds. The fourth-order valence-corrected chi connectivity index (χ4v) is 3.43. The topological polar surface area (TPSA) is 41.1 Å². The second-order valence-electron chi connectivity index (χ2n) is 7.17. The summed E-state index contributed by atoms with van der Waals surface area (Å²) in [5, 5.41) is 7.04. The average molecular weight is 266 g/mol. The van der Waals surface area contributed by atoms with Crippen molar-refractivity contribution in [2.45, 2.75) is 83.7 Å². The lowest BCUT2D eigenvalue weighted by Crippen LogP contribution is -2.58. The molecule has 1 spiro atoms. The van der Waals surface area contributed by atoms with Crippen LogP contribution >= 0.6 is 0 Å². The monoisotopic (exact) mass is 266 g/mol. The predicted octanol–water partition coefficient (Wildman–Crippen LogP) is 2.99. The van der Waals surface area contributed by atoms with E-state index in [1.807, 2.05) is 13.8 Å². The molecule has 0 bridgehead atoms. The molecule has 110 valence electrons. The van der Waals surface area contributed by atoms with E-state index in [0.717, 1.165) is 25.8 Å². The average Bonchev–Trinajstić information content (AvgIpc) is 2.39. The van der Waals surface area contributed by atoms with E-state index < -0.39 is 0 Å². The summed E-state index contributed by atoms with van der Waals surface area (Å²) >= 11 is 0. The maximum atomic E-state index is 12.3. The van der Waals surface area contributed by atoms with Crippen molar-refractivity contribution in [1.82, 2.24) is 10.6 Å². The number of carbonyl (C=O) groups is 1. The van der Waals surface area contributed by atoms with Crippen molar-refractivity contribution in [3.05, 3.63) is 0 Å². The first-order valence-electron chi connectivity index (χ1n) is 8.03. The number of carbonyl (C=O) groups excluding carboxylic acids is 1. The molecule has 2 rings (SSSR count). The minimum Gasteiger partial charge on any atom is -0.353 e. The van der Waals surface area contributed by atoms with E-state index in [1.54, 1.807) is 0 Å². The smallest absolute Gasteiger partial charge is 0.225 e. The van der Waals surface area contributed by atoms with Crippen molar-refractivity contribution in [1.29, 1.82) is 0 Å². The van der Waals surface area contributed by atoms with E-state index in [9.17, 15) is 4.79 Å². The number of rotatable bonds is 3. The fourth-order valence-electron chi connectivity index (χ4n) is 3.43. The Balaban J connectivity index is 1.92. The summed E-state index contributed by atoms with van der Waals surface area (Å²) in [6.07, 6.45) is 9.74. The lowest BCUT2D eigenvalue weighted by molar-refractivity contribution is -0.130. The van der Waals surface area contributed by atoms with Gasteiger partial charge in [0.15, 0.2) is 0 Å². The third-order valence-electron chi connectivity index (χ3n) is 5.27. The largest absolute Gasteiger partial charge is 0.353 e. The SMILES string of the molecule is CCC(C)(C)C(=O)NC1CCNC2(CCCCC2)C1. The van der Waals surface area contributed by atoms with Crippen LogP contribution in [0.5, 0.6) is 0 Å². The minimum atomic E-state index is -0.232. The van der Waals surface area contributed by atoms with Gasteiger partial charge in [-0.3, -0.25) is 4.79 Å². The zero-order chi connectivity index (χ0) is 13.9. The first kappa shape index (κ1) is 14.8. The van der Waals surface area contributed by atoms with E-state index in [-0.39, 0.29) is 11.3 Å². The van der Waals surface area contributed by atoms with Gasteiger partial charge < -0.3 is 10.6 Å². The Morgan fingerprint density at radius 3 is 2.63 bits per heavy atom. The van der Waals surface area contributed by atoms with E-state index in [0.29, 0.717) is 11.6 Å². The van der Waals surface area contributed by atoms with Crippen LogP contribution in [0.3, 0.4) is 0 Å². The Morgan fingerprint density at radius 2 is 2.00 bits per heavy atom. The van der Waals surface area contributed by atoms with E-state index in [4.69, 9.17) is 0 Å². The molecule has 19 heavy (non-hydrogen) atoms. The number of amides is 1. The number of nitrogens with one attached hydrogen (secondary N) is 2. The molecule has 1 saturated heterocycles. The molecule has 3 heteroatoms. The molecule has 3 nitrogen and oxygen atoms in total. The van der Waals surface area contributed by atoms with Gasteiger partial charge in [-0.2, -0.15) is 0 Å². The second-order valence-corrected chi connectivity index (χ2v) is 7.17. The quantitative estimate of drug-likeness (QED) is 0.824. The zero-order valence-electron chi connectivity index (χ0n) is 12.8. The highest BCUT2D eigenvalue weighted by Gasteiger charge is 2.38. The van der Waals surface area contributed by atoms with Gasteiger partial charge in [-0.15, -0.1) is 0 Å². The molecule has 2 aliphatic rings. The number of hydrogen-bond acceptors (Lipinski definition) is 2. The third-order valence-corrected chi connectivity index (χ3v) is 5.27. The molecule has 1 heterocycles. The van der Waals surface area contributed by atoms with Gasteiger partial charge in [0.2, 0.25) is 5.91 Å². The summed E-state index contributed by atoms with van der Waals surface area (Å²) in [6.45, 7) is 7.22. The van der Waals surface area contributed by atoms with Gasteiger partial charge in [-0.25, -0.2) is 0 Å². The Labute approximate surface area is 117 Å². The van der Waals surface area contributed by atoms with Gasteiger partial charge in [0.05, 0.1) is 0 Å². The van der Waals surface area contributed by atoms with Gasteiger partial charge in [-0.1, -0.05) is 40.0 Å². The lowest BCUT2D eigenvalue weighted by atomic mass is 9.74. The summed E-state index contributed by atoms with van der Waals surface area (Å²) in [7, 11) is 0.